The van der Waals surface area contributed by atoms with Crippen molar-refractivity contribution >= 4 is 16.7 Å². The van der Waals surface area contributed by atoms with Crippen LogP contribution in [0.4, 0.5) is 0 Å². The van der Waals surface area contributed by atoms with E-state index in [1.54, 1.807) is 12.0 Å². The van der Waals surface area contributed by atoms with Gasteiger partial charge in [0.25, 0.3) is 5.91 Å². The van der Waals surface area contributed by atoms with Gasteiger partial charge in [-0.2, -0.15) is 0 Å². The molecule has 0 spiro atoms. The van der Waals surface area contributed by atoms with Crippen molar-refractivity contribution in [3.63, 3.8) is 0 Å². The van der Waals surface area contributed by atoms with E-state index in [2.05, 4.69) is 18.2 Å². The van der Waals surface area contributed by atoms with E-state index in [0.717, 1.165) is 27.6 Å². The van der Waals surface area contributed by atoms with E-state index in [0.29, 0.717) is 18.7 Å². The molecule has 0 radical (unpaired) electrons. The standard InChI is InChI=1S/C24H27NO3/c1-17(2)28-16-18-5-8-20(9-6-18)24(26)25(3)15-19-7-10-22-14-23(27-4)12-11-21(22)13-19/h5-14,17H,15-16H2,1-4H3. The topological polar surface area (TPSA) is 38.8 Å². The highest BCUT2D eigenvalue weighted by Crippen LogP contribution is 2.22. The van der Waals surface area contributed by atoms with Crippen LogP contribution in [0.3, 0.4) is 0 Å². The summed E-state index contributed by atoms with van der Waals surface area (Å²) in [6, 6.07) is 19.9. The third-order valence-electron chi connectivity index (χ3n) is 4.66. The Morgan fingerprint density at radius 1 is 0.929 bits per heavy atom. The zero-order valence-corrected chi connectivity index (χ0v) is 16.9. The van der Waals surface area contributed by atoms with Crippen molar-refractivity contribution in [1.82, 2.24) is 4.90 Å². The summed E-state index contributed by atoms with van der Waals surface area (Å²) in [4.78, 5) is 14.5. The molecule has 4 heteroatoms. The first-order chi connectivity index (χ1) is 13.5. The van der Waals surface area contributed by atoms with E-state index >= 15 is 0 Å². The van der Waals surface area contributed by atoms with Gasteiger partial charge in [-0.05, 0) is 66.1 Å². The summed E-state index contributed by atoms with van der Waals surface area (Å²) in [5.41, 5.74) is 2.84. The first-order valence-corrected chi connectivity index (χ1v) is 9.49. The molecule has 4 nitrogen and oxygen atoms in total. The van der Waals surface area contributed by atoms with Gasteiger partial charge in [-0.15, -0.1) is 0 Å². The minimum absolute atomic E-state index is 0.00570. The molecule has 3 aromatic carbocycles. The van der Waals surface area contributed by atoms with Crippen LogP contribution in [0.2, 0.25) is 0 Å². The molecule has 0 saturated carbocycles. The summed E-state index contributed by atoms with van der Waals surface area (Å²) in [6.45, 7) is 5.13. The summed E-state index contributed by atoms with van der Waals surface area (Å²) in [5, 5.41) is 2.25. The Bertz CT molecular complexity index is 948. The van der Waals surface area contributed by atoms with Gasteiger partial charge in [-0.1, -0.05) is 30.3 Å². The molecule has 0 saturated heterocycles. The van der Waals surface area contributed by atoms with Gasteiger partial charge in [0.1, 0.15) is 5.75 Å². The molecular formula is C24H27NO3. The van der Waals surface area contributed by atoms with Gasteiger partial charge >= 0.3 is 0 Å². The second kappa shape index (κ2) is 8.89. The van der Waals surface area contributed by atoms with Crippen molar-refractivity contribution in [2.24, 2.45) is 0 Å². The quantitative estimate of drug-likeness (QED) is 0.579. The predicted molar refractivity (Wildman–Crippen MR) is 113 cm³/mol. The van der Waals surface area contributed by atoms with Gasteiger partial charge in [0.2, 0.25) is 0 Å². The molecule has 0 N–H and O–H groups in total. The number of hydrogen-bond acceptors (Lipinski definition) is 3. The van der Waals surface area contributed by atoms with Crippen molar-refractivity contribution in [1.29, 1.82) is 0 Å². The lowest BCUT2D eigenvalue weighted by molar-refractivity contribution is 0.0656. The fraction of sp³-hybridized carbons (Fsp3) is 0.292. The second-order valence-corrected chi connectivity index (χ2v) is 7.27. The number of carbonyl (C=O) groups is 1. The van der Waals surface area contributed by atoms with Crippen LogP contribution < -0.4 is 4.74 Å². The molecule has 3 aromatic rings. The van der Waals surface area contributed by atoms with Crippen LogP contribution in [0.5, 0.6) is 5.75 Å². The van der Waals surface area contributed by atoms with Crippen molar-refractivity contribution in [2.75, 3.05) is 14.2 Å². The van der Waals surface area contributed by atoms with Crippen LogP contribution in [-0.4, -0.2) is 31.1 Å². The number of hydrogen-bond donors (Lipinski definition) is 0. The molecule has 28 heavy (non-hydrogen) atoms. The van der Waals surface area contributed by atoms with Crippen LogP contribution in [0.25, 0.3) is 10.8 Å². The number of fused-ring (bicyclic) bond motifs is 1. The Morgan fingerprint density at radius 2 is 1.57 bits per heavy atom. The molecule has 0 aliphatic heterocycles. The van der Waals surface area contributed by atoms with E-state index < -0.39 is 0 Å². The van der Waals surface area contributed by atoms with Crippen molar-refractivity contribution in [3.8, 4) is 5.75 Å². The summed E-state index contributed by atoms with van der Waals surface area (Å²) in [7, 11) is 3.50. The second-order valence-electron chi connectivity index (χ2n) is 7.27. The third-order valence-corrected chi connectivity index (χ3v) is 4.66. The summed E-state index contributed by atoms with van der Waals surface area (Å²) >= 11 is 0. The summed E-state index contributed by atoms with van der Waals surface area (Å²) in [6.07, 6.45) is 0.190. The molecule has 0 heterocycles. The molecule has 0 bridgehead atoms. The van der Waals surface area contributed by atoms with Gasteiger partial charge in [-0.25, -0.2) is 0 Å². The molecule has 0 fully saturated rings. The van der Waals surface area contributed by atoms with E-state index in [1.165, 1.54) is 0 Å². The lowest BCUT2D eigenvalue weighted by Gasteiger charge is -2.18. The SMILES string of the molecule is COc1ccc2cc(CN(C)C(=O)c3ccc(COC(C)C)cc3)ccc2c1. The average Bonchev–Trinajstić information content (AvgIpc) is 2.71. The fourth-order valence-electron chi connectivity index (χ4n) is 3.07. The monoisotopic (exact) mass is 377 g/mol. The molecule has 0 unspecified atom stereocenters. The number of benzene rings is 3. The van der Waals surface area contributed by atoms with E-state index in [-0.39, 0.29) is 12.0 Å². The van der Waals surface area contributed by atoms with Crippen molar-refractivity contribution in [2.45, 2.75) is 33.1 Å². The van der Waals surface area contributed by atoms with Crippen LogP contribution >= 0.6 is 0 Å². The first-order valence-electron chi connectivity index (χ1n) is 9.49. The minimum atomic E-state index is 0.00570. The van der Waals surface area contributed by atoms with E-state index in [9.17, 15) is 4.79 Å². The molecule has 0 atom stereocenters. The smallest absolute Gasteiger partial charge is 0.253 e. The predicted octanol–water partition coefficient (Wildman–Crippen LogP) is 5.05. The third kappa shape index (κ3) is 4.90. The molecular weight excluding hydrogens is 350 g/mol. The van der Waals surface area contributed by atoms with Crippen LogP contribution in [0.1, 0.15) is 35.3 Å². The zero-order chi connectivity index (χ0) is 20.1. The normalized spacial score (nSPS) is 11.0. The van der Waals surface area contributed by atoms with Gasteiger partial charge in [-0.3, -0.25) is 4.79 Å². The average molecular weight is 377 g/mol. The van der Waals surface area contributed by atoms with E-state index in [4.69, 9.17) is 9.47 Å². The van der Waals surface area contributed by atoms with Gasteiger partial charge < -0.3 is 14.4 Å². The number of ether oxygens (including phenoxy) is 2. The Morgan fingerprint density at radius 3 is 2.25 bits per heavy atom. The Balaban J connectivity index is 1.67. The summed E-state index contributed by atoms with van der Waals surface area (Å²) in [5.74, 6) is 0.848. The van der Waals surface area contributed by atoms with E-state index in [1.807, 2.05) is 63.4 Å². The molecule has 1 amide bonds. The summed E-state index contributed by atoms with van der Waals surface area (Å²) < 4.78 is 10.9. The van der Waals surface area contributed by atoms with Gasteiger partial charge in [0.15, 0.2) is 0 Å². The van der Waals surface area contributed by atoms with Gasteiger partial charge in [0, 0.05) is 19.2 Å². The maximum Gasteiger partial charge on any atom is 0.253 e. The van der Waals surface area contributed by atoms with Crippen LogP contribution in [-0.2, 0) is 17.9 Å². The van der Waals surface area contributed by atoms with Crippen molar-refractivity contribution in [3.05, 3.63) is 77.4 Å². The van der Waals surface area contributed by atoms with Gasteiger partial charge in [0.05, 0.1) is 19.8 Å². The number of rotatable bonds is 7. The Labute approximate surface area is 166 Å². The first kappa shape index (κ1) is 19.9. The Kier molecular flexibility index (Phi) is 6.32. The van der Waals surface area contributed by atoms with Crippen LogP contribution in [0.15, 0.2) is 60.7 Å². The molecule has 146 valence electrons. The molecule has 3 rings (SSSR count). The lowest BCUT2D eigenvalue weighted by Crippen LogP contribution is -2.26. The number of nitrogens with zero attached hydrogens (tertiary/aromatic N) is 1. The molecule has 0 aromatic heterocycles. The highest BCUT2D eigenvalue weighted by atomic mass is 16.5. The maximum absolute atomic E-state index is 12.8. The number of methoxy groups -OCH3 is 1. The minimum Gasteiger partial charge on any atom is -0.497 e. The Hall–Kier alpha value is -2.85. The lowest BCUT2D eigenvalue weighted by atomic mass is 10.1. The molecule has 0 aliphatic rings. The maximum atomic E-state index is 12.8. The highest BCUT2D eigenvalue weighted by molar-refractivity contribution is 5.94. The molecule has 0 aliphatic carbocycles. The number of carbonyl (C=O) groups excluding carboxylic acids is 1. The largest absolute Gasteiger partial charge is 0.497 e. The van der Waals surface area contributed by atoms with Crippen molar-refractivity contribution < 1.29 is 14.3 Å². The highest BCUT2D eigenvalue weighted by Gasteiger charge is 2.12. The number of amides is 1. The fourth-order valence-corrected chi connectivity index (χ4v) is 3.07. The zero-order valence-electron chi connectivity index (χ0n) is 16.9. The van der Waals surface area contributed by atoms with Crippen LogP contribution in [0, 0.1) is 0 Å².